The molecule has 4 aromatic rings. The van der Waals surface area contributed by atoms with Crippen molar-refractivity contribution in [1.82, 2.24) is 0 Å². The molecule has 0 spiro atoms. The van der Waals surface area contributed by atoms with E-state index in [-0.39, 0.29) is 19.0 Å². The second-order valence-electron chi connectivity index (χ2n) is 7.75. The Morgan fingerprint density at radius 2 is 1.62 bits per heavy atom. The van der Waals surface area contributed by atoms with Gasteiger partial charge in [-0.15, -0.1) is 0 Å². The van der Waals surface area contributed by atoms with Crippen LogP contribution >= 0.6 is 0 Å². The van der Waals surface area contributed by atoms with Crippen LogP contribution in [0, 0.1) is 5.82 Å². The molecule has 4 aromatic carbocycles. The van der Waals surface area contributed by atoms with E-state index in [2.05, 4.69) is 0 Å². The molecule has 34 heavy (non-hydrogen) atoms. The molecule has 6 heteroatoms. The fraction of sp³-hybridized carbons (Fsp3) is 0.107. The fourth-order valence-corrected chi connectivity index (χ4v) is 3.80. The maximum absolute atomic E-state index is 14.8. The van der Waals surface area contributed by atoms with Crippen LogP contribution in [-0.4, -0.2) is 17.7 Å². The van der Waals surface area contributed by atoms with Crippen molar-refractivity contribution >= 4 is 17.4 Å². The number of primary amides is 1. The van der Waals surface area contributed by atoms with Gasteiger partial charge in [0.1, 0.15) is 6.61 Å². The maximum Gasteiger partial charge on any atom is 0.323 e. The van der Waals surface area contributed by atoms with Crippen LogP contribution in [0.5, 0.6) is 5.75 Å². The van der Waals surface area contributed by atoms with Gasteiger partial charge in [0.15, 0.2) is 11.6 Å². The molecule has 0 bridgehead atoms. The Hall–Kier alpha value is -4.16. The lowest BCUT2D eigenvalue weighted by Crippen LogP contribution is -2.32. The molecular weight excluding hydrogens is 431 g/mol. The number of aliphatic hydroxyl groups is 1. The van der Waals surface area contributed by atoms with Crippen LogP contribution < -0.4 is 15.4 Å². The SMILES string of the molecule is NC(=O)N(c1cccc(-c2ccc(OCc3ccccc3)c(F)c2)c1)c1ccccc1CCO. The summed E-state index contributed by atoms with van der Waals surface area (Å²) in [5.74, 6) is -0.306. The minimum Gasteiger partial charge on any atom is -0.486 e. The van der Waals surface area contributed by atoms with Crippen LogP contribution in [0.15, 0.2) is 97.1 Å². The van der Waals surface area contributed by atoms with Crippen LogP contribution in [0.3, 0.4) is 0 Å². The largest absolute Gasteiger partial charge is 0.486 e. The lowest BCUT2D eigenvalue weighted by molar-refractivity contribution is 0.256. The third-order valence-corrected chi connectivity index (χ3v) is 5.44. The highest BCUT2D eigenvalue weighted by Gasteiger charge is 2.19. The average Bonchev–Trinajstić information content (AvgIpc) is 2.85. The fourth-order valence-electron chi connectivity index (χ4n) is 3.80. The monoisotopic (exact) mass is 456 g/mol. The first-order chi connectivity index (χ1) is 16.6. The number of hydrogen-bond donors (Lipinski definition) is 2. The molecule has 0 aliphatic rings. The third-order valence-electron chi connectivity index (χ3n) is 5.44. The highest BCUT2D eigenvalue weighted by atomic mass is 19.1. The van der Waals surface area contributed by atoms with E-state index < -0.39 is 11.8 Å². The second-order valence-corrected chi connectivity index (χ2v) is 7.75. The summed E-state index contributed by atoms with van der Waals surface area (Å²) < 4.78 is 20.4. The van der Waals surface area contributed by atoms with E-state index in [1.54, 1.807) is 42.5 Å². The molecular formula is C28H25FN2O3. The molecule has 0 atom stereocenters. The van der Waals surface area contributed by atoms with Gasteiger partial charge in [0.05, 0.1) is 11.4 Å². The van der Waals surface area contributed by atoms with Gasteiger partial charge in [-0.05, 0) is 59.0 Å². The van der Waals surface area contributed by atoms with E-state index in [9.17, 15) is 14.3 Å². The van der Waals surface area contributed by atoms with Gasteiger partial charge < -0.3 is 15.6 Å². The van der Waals surface area contributed by atoms with Crippen LogP contribution in [0.4, 0.5) is 20.6 Å². The van der Waals surface area contributed by atoms with E-state index in [1.165, 1.54) is 11.0 Å². The predicted octanol–water partition coefficient (Wildman–Crippen LogP) is 5.82. The van der Waals surface area contributed by atoms with Crippen molar-refractivity contribution in [3.8, 4) is 16.9 Å². The van der Waals surface area contributed by atoms with Crippen molar-refractivity contribution in [3.05, 3.63) is 114 Å². The van der Waals surface area contributed by atoms with Crippen molar-refractivity contribution in [3.63, 3.8) is 0 Å². The topological polar surface area (TPSA) is 75.8 Å². The molecule has 5 nitrogen and oxygen atoms in total. The number of urea groups is 1. The van der Waals surface area contributed by atoms with Gasteiger partial charge >= 0.3 is 6.03 Å². The Balaban J connectivity index is 1.61. The first-order valence-corrected chi connectivity index (χ1v) is 10.9. The van der Waals surface area contributed by atoms with Gasteiger partial charge in [0.2, 0.25) is 0 Å². The molecule has 0 saturated carbocycles. The first kappa shape index (κ1) is 23.0. The molecule has 0 aromatic heterocycles. The molecule has 0 fully saturated rings. The molecule has 2 amide bonds. The third kappa shape index (κ3) is 5.24. The lowest BCUT2D eigenvalue weighted by Gasteiger charge is -2.24. The minimum atomic E-state index is -0.654. The summed E-state index contributed by atoms with van der Waals surface area (Å²) in [4.78, 5) is 13.8. The van der Waals surface area contributed by atoms with Crippen molar-refractivity contribution < 1.29 is 19.0 Å². The number of carbonyl (C=O) groups excluding carboxylic acids is 1. The van der Waals surface area contributed by atoms with E-state index in [4.69, 9.17) is 10.5 Å². The number of ether oxygens (including phenoxy) is 1. The number of nitrogens with two attached hydrogens (primary N) is 1. The molecule has 0 unspecified atom stereocenters. The summed E-state index contributed by atoms with van der Waals surface area (Å²) in [7, 11) is 0. The maximum atomic E-state index is 14.8. The van der Waals surface area contributed by atoms with Crippen molar-refractivity contribution in [2.75, 3.05) is 11.5 Å². The number of benzene rings is 4. The number of nitrogens with zero attached hydrogens (tertiary/aromatic N) is 1. The number of para-hydroxylation sites is 1. The van der Waals surface area contributed by atoms with Crippen LogP contribution in [-0.2, 0) is 13.0 Å². The number of hydrogen-bond acceptors (Lipinski definition) is 3. The summed E-state index contributed by atoms with van der Waals surface area (Å²) in [6.45, 7) is 0.217. The minimum absolute atomic E-state index is 0.0539. The zero-order valence-electron chi connectivity index (χ0n) is 18.5. The number of anilines is 2. The Bertz CT molecular complexity index is 1280. The van der Waals surface area contributed by atoms with E-state index in [0.29, 0.717) is 23.4 Å². The number of carbonyl (C=O) groups is 1. The van der Waals surface area contributed by atoms with Crippen molar-refractivity contribution in [2.45, 2.75) is 13.0 Å². The average molecular weight is 457 g/mol. The van der Waals surface area contributed by atoms with E-state index in [0.717, 1.165) is 16.7 Å². The van der Waals surface area contributed by atoms with Gasteiger partial charge in [0, 0.05) is 6.61 Å². The van der Waals surface area contributed by atoms with E-state index >= 15 is 0 Å². The van der Waals surface area contributed by atoms with Crippen LogP contribution in [0.1, 0.15) is 11.1 Å². The van der Waals surface area contributed by atoms with Crippen LogP contribution in [0.2, 0.25) is 0 Å². The number of aliphatic hydroxyl groups excluding tert-OH is 1. The molecule has 0 aliphatic carbocycles. The van der Waals surface area contributed by atoms with Gasteiger partial charge in [-0.2, -0.15) is 0 Å². The summed E-state index contributed by atoms with van der Waals surface area (Å²) >= 11 is 0. The van der Waals surface area contributed by atoms with Crippen molar-refractivity contribution in [1.29, 1.82) is 0 Å². The smallest absolute Gasteiger partial charge is 0.323 e. The second kappa shape index (κ2) is 10.6. The van der Waals surface area contributed by atoms with Crippen LogP contribution in [0.25, 0.3) is 11.1 Å². The quantitative estimate of drug-likeness (QED) is 0.351. The predicted molar refractivity (Wildman–Crippen MR) is 132 cm³/mol. The summed E-state index contributed by atoms with van der Waals surface area (Å²) in [5, 5.41) is 9.40. The van der Waals surface area contributed by atoms with Crippen molar-refractivity contribution in [2.24, 2.45) is 5.73 Å². The molecule has 0 radical (unpaired) electrons. The number of amides is 2. The molecule has 172 valence electrons. The van der Waals surface area contributed by atoms with Gasteiger partial charge in [-0.3, -0.25) is 4.90 Å². The van der Waals surface area contributed by atoms with E-state index in [1.807, 2.05) is 48.5 Å². The molecule has 3 N–H and O–H groups in total. The van der Waals surface area contributed by atoms with Gasteiger partial charge in [0.25, 0.3) is 0 Å². The number of halogens is 1. The zero-order chi connectivity index (χ0) is 23.9. The number of rotatable bonds is 8. The normalized spacial score (nSPS) is 10.6. The summed E-state index contributed by atoms with van der Waals surface area (Å²) in [6, 6.07) is 28.1. The Labute approximate surface area is 197 Å². The highest BCUT2D eigenvalue weighted by molar-refractivity contribution is 5.99. The molecule has 0 aliphatic heterocycles. The Kier molecular flexibility index (Phi) is 7.20. The Morgan fingerprint density at radius 1 is 0.882 bits per heavy atom. The molecule has 4 rings (SSSR count). The first-order valence-electron chi connectivity index (χ1n) is 10.9. The van der Waals surface area contributed by atoms with Gasteiger partial charge in [-0.1, -0.05) is 66.7 Å². The molecule has 0 heterocycles. The molecule has 0 saturated heterocycles. The zero-order valence-corrected chi connectivity index (χ0v) is 18.5. The lowest BCUT2D eigenvalue weighted by atomic mass is 10.0. The Morgan fingerprint density at radius 3 is 2.35 bits per heavy atom. The summed E-state index contributed by atoms with van der Waals surface area (Å²) in [5.41, 5.74) is 9.96. The standard InChI is InChI=1S/C28H25FN2O3/c29-25-18-23(13-14-27(25)34-19-20-7-2-1-3-8-20)22-10-6-11-24(17-22)31(28(30)33)26-12-5-4-9-21(26)15-16-32/h1-14,17-18,32H,15-16,19H2,(H2,30,33). The van der Waals surface area contributed by atoms with Gasteiger partial charge in [-0.25, -0.2) is 9.18 Å². The summed E-state index contributed by atoms with van der Waals surface area (Å²) in [6.07, 6.45) is 0.384. The highest BCUT2D eigenvalue weighted by Crippen LogP contribution is 2.33.